The third-order valence-corrected chi connectivity index (χ3v) is 3.66. The van der Waals surface area contributed by atoms with E-state index in [1.165, 1.54) is 4.90 Å². The Morgan fingerprint density at radius 1 is 1.33 bits per heavy atom. The number of nitrogens with zero attached hydrogens (tertiary/aromatic N) is 2. The van der Waals surface area contributed by atoms with Crippen molar-refractivity contribution in [2.45, 2.75) is 13.0 Å². The van der Waals surface area contributed by atoms with E-state index in [1.54, 1.807) is 20.2 Å². The van der Waals surface area contributed by atoms with Crippen molar-refractivity contribution in [2.75, 3.05) is 27.3 Å². The summed E-state index contributed by atoms with van der Waals surface area (Å²) in [7, 11) is 3.24. The minimum absolute atomic E-state index is 0.0730. The number of nitrogens with one attached hydrogen (secondary N) is 1. The fourth-order valence-corrected chi connectivity index (χ4v) is 2.09. The molecule has 0 saturated carbocycles. The average Bonchev–Trinajstić information content (AvgIpc) is 3.10. The lowest BCUT2D eigenvalue weighted by Gasteiger charge is -2.24. The van der Waals surface area contributed by atoms with E-state index in [2.05, 4.69) is 10.5 Å². The fourth-order valence-electron chi connectivity index (χ4n) is 2.09. The summed E-state index contributed by atoms with van der Waals surface area (Å²) in [4.78, 5) is 25.6. The van der Waals surface area contributed by atoms with Crippen LogP contribution in [0.15, 0.2) is 40.9 Å². The molecule has 128 valence electrons. The maximum absolute atomic E-state index is 12.1. The molecule has 1 atom stereocenters. The summed E-state index contributed by atoms with van der Waals surface area (Å²) < 4.78 is 10.2. The smallest absolute Gasteiger partial charge is 0.273 e. The summed E-state index contributed by atoms with van der Waals surface area (Å²) in [6.45, 7) is 2.18. The van der Waals surface area contributed by atoms with Gasteiger partial charge in [-0.15, -0.1) is 0 Å². The van der Waals surface area contributed by atoms with Gasteiger partial charge in [-0.2, -0.15) is 0 Å². The van der Waals surface area contributed by atoms with E-state index in [0.717, 1.165) is 5.56 Å². The van der Waals surface area contributed by atoms with Gasteiger partial charge in [-0.25, -0.2) is 0 Å². The molecule has 7 nitrogen and oxygen atoms in total. The van der Waals surface area contributed by atoms with Crippen LogP contribution in [0.4, 0.5) is 0 Å². The number of aromatic nitrogens is 1. The third-order valence-electron chi connectivity index (χ3n) is 3.66. The Labute approximate surface area is 140 Å². The monoisotopic (exact) mass is 331 g/mol. The Morgan fingerprint density at radius 3 is 2.71 bits per heavy atom. The number of rotatable bonds is 7. The van der Waals surface area contributed by atoms with E-state index in [9.17, 15) is 9.59 Å². The molecule has 1 aromatic carbocycles. The fraction of sp³-hybridized carbons (Fsp3) is 0.353. The highest BCUT2D eigenvalue weighted by atomic mass is 16.5. The topological polar surface area (TPSA) is 84.7 Å². The quantitative estimate of drug-likeness (QED) is 0.832. The molecule has 0 radical (unpaired) electrons. The van der Waals surface area contributed by atoms with E-state index >= 15 is 0 Å². The van der Waals surface area contributed by atoms with Crippen molar-refractivity contribution in [3.8, 4) is 11.3 Å². The van der Waals surface area contributed by atoms with Crippen molar-refractivity contribution in [3.05, 3.63) is 42.1 Å². The van der Waals surface area contributed by atoms with Crippen molar-refractivity contribution < 1.29 is 18.8 Å². The van der Waals surface area contributed by atoms with E-state index in [-0.39, 0.29) is 24.2 Å². The standard InChI is InChI=1S/C17H21N3O4/c1-12(11-23-3)20(2)16(21)10-18-17(22)14-9-15(24-19-14)13-7-5-4-6-8-13/h4-9,12H,10-11H2,1-3H3,(H,18,22)/t12-/m0/s1. The molecule has 0 aliphatic rings. The highest BCUT2D eigenvalue weighted by Crippen LogP contribution is 2.19. The number of ether oxygens (including phenoxy) is 1. The Kier molecular flexibility index (Phi) is 6.08. The molecule has 24 heavy (non-hydrogen) atoms. The second-order valence-electron chi connectivity index (χ2n) is 5.43. The van der Waals surface area contributed by atoms with Gasteiger partial charge in [0.25, 0.3) is 5.91 Å². The molecule has 0 bridgehead atoms. The SMILES string of the molecule is COC[C@H](C)N(C)C(=O)CNC(=O)c1cc(-c2ccccc2)on1. The lowest BCUT2D eigenvalue weighted by Crippen LogP contribution is -2.43. The molecule has 1 N–H and O–H groups in total. The lowest BCUT2D eigenvalue weighted by atomic mass is 10.1. The molecule has 0 aliphatic heterocycles. The molecule has 0 spiro atoms. The van der Waals surface area contributed by atoms with E-state index in [0.29, 0.717) is 12.4 Å². The second kappa shape index (κ2) is 8.26. The van der Waals surface area contributed by atoms with Gasteiger partial charge in [0, 0.05) is 25.8 Å². The Morgan fingerprint density at radius 2 is 2.04 bits per heavy atom. The third kappa shape index (κ3) is 4.42. The zero-order valence-corrected chi connectivity index (χ0v) is 14.0. The molecule has 0 unspecified atom stereocenters. The molecular formula is C17H21N3O4. The van der Waals surface area contributed by atoms with Gasteiger partial charge in [-0.05, 0) is 6.92 Å². The van der Waals surface area contributed by atoms with Crippen LogP contribution in [0.5, 0.6) is 0 Å². The van der Waals surface area contributed by atoms with Gasteiger partial charge in [0.15, 0.2) is 11.5 Å². The van der Waals surface area contributed by atoms with E-state index in [4.69, 9.17) is 9.26 Å². The van der Waals surface area contributed by atoms with Crippen LogP contribution in [-0.4, -0.2) is 55.2 Å². The summed E-state index contributed by atoms with van der Waals surface area (Å²) in [5.74, 6) is -0.167. The van der Waals surface area contributed by atoms with Gasteiger partial charge in [-0.3, -0.25) is 9.59 Å². The van der Waals surface area contributed by atoms with Crippen molar-refractivity contribution in [1.29, 1.82) is 0 Å². The van der Waals surface area contributed by atoms with Crippen LogP contribution in [0.3, 0.4) is 0 Å². The summed E-state index contributed by atoms with van der Waals surface area (Å²) >= 11 is 0. The zero-order chi connectivity index (χ0) is 17.5. The average molecular weight is 331 g/mol. The first-order valence-corrected chi connectivity index (χ1v) is 7.58. The molecule has 1 heterocycles. The van der Waals surface area contributed by atoms with Gasteiger partial charge in [0.05, 0.1) is 19.2 Å². The van der Waals surface area contributed by atoms with E-state index in [1.807, 2.05) is 37.3 Å². The van der Waals surface area contributed by atoms with Crippen LogP contribution in [-0.2, 0) is 9.53 Å². The molecule has 0 fully saturated rings. The normalized spacial score (nSPS) is 11.8. The van der Waals surface area contributed by atoms with Crippen molar-refractivity contribution in [3.63, 3.8) is 0 Å². The Balaban J connectivity index is 1.91. The molecule has 1 aromatic heterocycles. The first-order valence-electron chi connectivity index (χ1n) is 7.58. The molecular weight excluding hydrogens is 310 g/mol. The maximum Gasteiger partial charge on any atom is 0.273 e. The van der Waals surface area contributed by atoms with Crippen LogP contribution in [0.2, 0.25) is 0 Å². The van der Waals surface area contributed by atoms with Crippen LogP contribution in [0.25, 0.3) is 11.3 Å². The summed E-state index contributed by atoms with van der Waals surface area (Å²) in [6, 6.07) is 10.8. The van der Waals surface area contributed by atoms with Crippen molar-refractivity contribution in [1.82, 2.24) is 15.4 Å². The first kappa shape index (κ1) is 17.7. The number of benzene rings is 1. The predicted octanol–water partition coefficient (Wildman–Crippen LogP) is 1.56. The number of carbonyl (C=O) groups excluding carboxylic acids is 2. The number of hydrogen-bond acceptors (Lipinski definition) is 5. The minimum atomic E-state index is -0.456. The van der Waals surface area contributed by atoms with Crippen molar-refractivity contribution in [2.24, 2.45) is 0 Å². The van der Waals surface area contributed by atoms with Gasteiger partial charge in [-0.1, -0.05) is 35.5 Å². The lowest BCUT2D eigenvalue weighted by molar-refractivity contribution is -0.131. The maximum atomic E-state index is 12.1. The van der Waals surface area contributed by atoms with Gasteiger partial charge in [0.1, 0.15) is 0 Å². The highest BCUT2D eigenvalue weighted by molar-refractivity contribution is 5.95. The molecule has 2 rings (SSSR count). The van der Waals surface area contributed by atoms with E-state index < -0.39 is 5.91 Å². The molecule has 0 saturated heterocycles. The van der Waals surface area contributed by atoms with Crippen LogP contribution in [0.1, 0.15) is 17.4 Å². The Bertz CT molecular complexity index is 684. The van der Waals surface area contributed by atoms with Gasteiger partial charge >= 0.3 is 0 Å². The Hall–Kier alpha value is -2.67. The minimum Gasteiger partial charge on any atom is -0.383 e. The van der Waals surface area contributed by atoms with Crippen LogP contribution in [0, 0.1) is 0 Å². The first-order chi connectivity index (χ1) is 11.5. The molecule has 2 aromatic rings. The molecule has 2 amide bonds. The number of amides is 2. The summed E-state index contributed by atoms with van der Waals surface area (Å²) in [5, 5.41) is 6.30. The zero-order valence-electron chi connectivity index (χ0n) is 14.0. The number of methoxy groups -OCH3 is 1. The predicted molar refractivity (Wildman–Crippen MR) is 88.4 cm³/mol. The summed E-state index contributed by atoms with van der Waals surface area (Å²) in [6.07, 6.45) is 0. The van der Waals surface area contributed by atoms with Gasteiger partial charge in [0.2, 0.25) is 5.91 Å². The summed E-state index contributed by atoms with van der Waals surface area (Å²) in [5.41, 5.74) is 0.961. The molecule has 7 heteroatoms. The largest absolute Gasteiger partial charge is 0.383 e. The second-order valence-corrected chi connectivity index (χ2v) is 5.43. The highest BCUT2D eigenvalue weighted by Gasteiger charge is 2.18. The van der Waals surface area contributed by atoms with Crippen LogP contribution < -0.4 is 5.32 Å². The number of carbonyl (C=O) groups is 2. The number of hydrogen-bond donors (Lipinski definition) is 1. The van der Waals surface area contributed by atoms with Crippen molar-refractivity contribution >= 4 is 11.8 Å². The number of likely N-dealkylation sites (N-methyl/N-ethyl adjacent to an activating group) is 1. The van der Waals surface area contributed by atoms with Gasteiger partial charge < -0.3 is 19.5 Å². The molecule has 0 aliphatic carbocycles. The van der Waals surface area contributed by atoms with Crippen LogP contribution >= 0.6 is 0 Å².